The predicted octanol–water partition coefficient (Wildman–Crippen LogP) is 2.28. The molecule has 0 unspecified atom stereocenters. The molecule has 0 N–H and O–H groups in total. The standard InChI is InChI=1S/C13H11NO2S/c15-12-10-6-2-3-7-11(10)13(16)14(12)8-4-1-5-9-17/h1-7,9,17H,8H2/b4-1+,9-5-. The summed E-state index contributed by atoms with van der Waals surface area (Å²) < 4.78 is 0. The van der Waals surface area contributed by atoms with E-state index in [-0.39, 0.29) is 18.4 Å². The van der Waals surface area contributed by atoms with Crippen molar-refractivity contribution >= 4 is 24.4 Å². The van der Waals surface area contributed by atoms with E-state index in [9.17, 15) is 9.59 Å². The predicted molar refractivity (Wildman–Crippen MR) is 69.1 cm³/mol. The number of thiol groups is 1. The quantitative estimate of drug-likeness (QED) is 0.504. The van der Waals surface area contributed by atoms with Crippen LogP contribution in [0.1, 0.15) is 20.7 Å². The summed E-state index contributed by atoms with van der Waals surface area (Å²) in [5.41, 5.74) is 0.964. The summed E-state index contributed by atoms with van der Waals surface area (Å²) in [5, 5.41) is 1.58. The summed E-state index contributed by atoms with van der Waals surface area (Å²) in [6.45, 7) is 0.282. The Hall–Kier alpha value is -1.81. The molecule has 0 radical (unpaired) electrons. The summed E-state index contributed by atoms with van der Waals surface area (Å²) in [6, 6.07) is 6.86. The third-order valence-electron chi connectivity index (χ3n) is 2.50. The molecule has 86 valence electrons. The molecule has 0 saturated carbocycles. The second-order valence-electron chi connectivity index (χ2n) is 3.54. The van der Waals surface area contributed by atoms with Gasteiger partial charge < -0.3 is 0 Å². The SMILES string of the molecule is O=C1c2ccccc2C(=O)N1C/C=C/C=C\S. The molecule has 0 bridgehead atoms. The van der Waals surface area contributed by atoms with Gasteiger partial charge >= 0.3 is 0 Å². The molecule has 17 heavy (non-hydrogen) atoms. The average molecular weight is 245 g/mol. The van der Waals surface area contributed by atoms with Gasteiger partial charge in [0.2, 0.25) is 0 Å². The fourth-order valence-corrected chi connectivity index (χ4v) is 1.80. The first-order valence-electron chi connectivity index (χ1n) is 5.17. The van der Waals surface area contributed by atoms with Crippen LogP contribution in [0.15, 0.2) is 47.9 Å². The van der Waals surface area contributed by atoms with Gasteiger partial charge in [-0.05, 0) is 17.5 Å². The van der Waals surface area contributed by atoms with E-state index in [1.807, 2.05) is 0 Å². The minimum Gasteiger partial charge on any atom is -0.270 e. The first-order chi connectivity index (χ1) is 8.25. The molecule has 4 heteroatoms. The van der Waals surface area contributed by atoms with Gasteiger partial charge in [-0.2, -0.15) is 12.6 Å². The van der Waals surface area contributed by atoms with E-state index in [4.69, 9.17) is 0 Å². The van der Waals surface area contributed by atoms with Gasteiger partial charge in [-0.25, -0.2) is 0 Å². The normalized spacial score (nSPS) is 15.2. The first kappa shape index (κ1) is 11.7. The molecule has 0 atom stereocenters. The highest BCUT2D eigenvalue weighted by molar-refractivity contribution is 7.83. The Labute approximate surface area is 105 Å². The van der Waals surface area contributed by atoms with E-state index < -0.39 is 0 Å². The molecule has 1 heterocycles. The number of imide groups is 1. The number of carbonyl (C=O) groups is 2. The molecule has 0 spiro atoms. The van der Waals surface area contributed by atoms with Gasteiger partial charge in [-0.3, -0.25) is 14.5 Å². The summed E-state index contributed by atoms with van der Waals surface area (Å²) in [6.07, 6.45) is 5.21. The van der Waals surface area contributed by atoms with Crippen LogP contribution in [0.2, 0.25) is 0 Å². The lowest BCUT2D eigenvalue weighted by atomic mass is 10.1. The Bertz CT molecular complexity index is 485. The number of nitrogens with zero attached hydrogens (tertiary/aromatic N) is 1. The molecule has 1 aromatic carbocycles. The van der Waals surface area contributed by atoms with Crippen molar-refractivity contribution in [2.45, 2.75) is 0 Å². The van der Waals surface area contributed by atoms with Gasteiger partial charge in [0.25, 0.3) is 11.8 Å². The van der Waals surface area contributed by atoms with Crippen LogP contribution in [-0.4, -0.2) is 23.3 Å². The molecule has 0 fully saturated rings. The summed E-state index contributed by atoms with van der Waals surface area (Å²) in [7, 11) is 0. The van der Waals surface area contributed by atoms with Crippen molar-refractivity contribution in [1.29, 1.82) is 0 Å². The highest BCUT2D eigenvalue weighted by Crippen LogP contribution is 2.21. The van der Waals surface area contributed by atoms with Crippen LogP contribution in [0.3, 0.4) is 0 Å². The zero-order valence-corrected chi connectivity index (χ0v) is 9.93. The number of fused-ring (bicyclic) bond motifs is 1. The van der Waals surface area contributed by atoms with Crippen LogP contribution >= 0.6 is 12.6 Å². The fourth-order valence-electron chi connectivity index (χ4n) is 1.70. The Kier molecular flexibility index (Phi) is 3.44. The second-order valence-corrected chi connectivity index (χ2v) is 3.83. The van der Waals surface area contributed by atoms with Crippen molar-refractivity contribution in [2.75, 3.05) is 6.54 Å². The van der Waals surface area contributed by atoms with Gasteiger partial charge in [0.1, 0.15) is 0 Å². The summed E-state index contributed by atoms with van der Waals surface area (Å²) in [4.78, 5) is 25.0. The largest absolute Gasteiger partial charge is 0.270 e. The molecule has 2 rings (SSSR count). The van der Waals surface area contributed by atoms with Gasteiger partial charge in [0.05, 0.1) is 11.1 Å². The molecule has 1 aliphatic heterocycles. The highest BCUT2D eigenvalue weighted by Gasteiger charge is 2.33. The lowest BCUT2D eigenvalue weighted by molar-refractivity contribution is 0.0672. The van der Waals surface area contributed by atoms with Crippen molar-refractivity contribution < 1.29 is 9.59 Å². The maximum absolute atomic E-state index is 11.9. The van der Waals surface area contributed by atoms with Gasteiger partial charge in [-0.15, -0.1) is 0 Å². The molecule has 0 saturated heterocycles. The van der Waals surface area contributed by atoms with E-state index in [2.05, 4.69) is 12.6 Å². The van der Waals surface area contributed by atoms with Gasteiger partial charge in [0, 0.05) is 6.54 Å². The lowest BCUT2D eigenvalue weighted by Gasteiger charge is -2.09. The van der Waals surface area contributed by atoms with Gasteiger partial charge in [0.15, 0.2) is 0 Å². The van der Waals surface area contributed by atoms with Crippen LogP contribution < -0.4 is 0 Å². The van der Waals surface area contributed by atoms with Crippen molar-refractivity contribution in [3.05, 3.63) is 59.0 Å². The Morgan fingerprint density at radius 3 is 2.18 bits per heavy atom. The molecule has 2 amide bonds. The highest BCUT2D eigenvalue weighted by atomic mass is 32.1. The molecular weight excluding hydrogens is 234 g/mol. The van der Waals surface area contributed by atoms with Crippen LogP contribution in [0.4, 0.5) is 0 Å². The van der Waals surface area contributed by atoms with E-state index >= 15 is 0 Å². The van der Waals surface area contributed by atoms with Crippen LogP contribution in [-0.2, 0) is 0 Å². The molecular formula is C13H11NO2S. The molecule has 1 aromatic rings. The Morgan fingerprint density at radius 2 is 1.65 bits per heavy atom. The van der Waals surface area contributed by atoms with Gasteiger partial charge in [-0.1, -0.05) is 30.4 Å². The van der Waals surface area contributed by atoms with E-state index in [1.54, 1.807) is 47.9 Å². The number of carbonyl (C=O) groups excluding carboxylic acids is 2. The minimum atomic E-state index is -0.231. The van der Waals surface area contributed by atoms with Crippen LogP contribution in [0, 0.1) is 0 Å². The van der Waals surface area contributed by atoms with Crippen molar-refractivity contribution in [3.8, 4) is 0 Å². The third kappa shape index (κ3) is 2.17. The zero-order valence-electron chi connectivity index (χ0n) is 9.04. The average Bonchev–Trinajstić information content (AvgIpc) is 2.60. The van der Waals surface area contributed by atoms with E-state index in [0.717, 1.165) is 0 Å². The van der Waals surface area contributed by atoms with Crippen molar-refractivity contribution in [1.82, 2.24) is 4.90 Å². The number of amides is 2. The number of allylic oxidation sites excluding steroid dienone is 2. The number of rotatable bonds is 3. The lowest BCUT2D eigenvalue weighted by Crippen LogP contribution is -2.29. The topological polar surface area (TPSA) is 37.4 Å². The molecule has 1 aliphatic rings. The molecule has 0 aliphatic carbocycles. The van der Waals surface area contributed by atoms with Crippen molar-refractivity contribution in [2.24, 2.45) is 0 Å². The Morgan fingerprint density at radius 1 is 1.06 bits per heavy atom. The second kappa shape index (κ2) is 5.01. The third-order valence-corrected chi connectivity index (χ3v) is 2.67. The Balaban J connectivity index is 2.19. The summed E-state index contributed by atoms with van der Waals surface area (Å²) in [5.74, 6) is -0.463. The smallest absolute Gasteiger partial charge is 0.261 e. The monoisotopic (exact) mass is 245 g/mol. The minimum absolute atomic E-state index is 0.231. The molecule has 3 nitrogen and oxygen atoms in total. The van der Waals surface area contributed by atoms with E-state index in [0.29, 0.717) is 11.1 Å². The van der Waals surface area contributed by atoms with E-state index in [1.165, 1.54) is 4.90 Å². The number of hydrogen-bond acceptors (Lipinski definition) is 3. The fraction of sp³-hybridized carbons (Fsp3) is 0.0769. The maximum atomic E-state index is 11.9. The first-order valence-corrected chi connectivity index (χ1v) is 5.68. The zero-order chi connectivity index (χ0) is 12.3. The summed E-state index contributed by atoms with van der Waals surface area (Å²) >= 11 is 3.90. The number of hydrogen-bond donors (Lipinski definition) is 1. The van der Waals surface area contributed by atoms with Crippen molar-refractivity contribution in [3.63, 3.8) is 0 Å². The molecule has 0 aromatic heterocycles. The van der Waals surface area contributed by atoms with Crippen LogP contribution in [0.25, 0.3) is 0 Å². The van der Waals surface area contributed by atoms with Crippen LogP contribution in [0.5, 0.6) is 0 Å². The number of benzene rings is 1. The maximum Gasteiger partial charge on any atom is 0.261 e.